The first-order valence-corrected chi connectivity index (χ1v) is 9.11. The summed E-state index contributed by atoms with van der Waals surface area (Å²) in [4.78, 5) is 43.2. The number of phenols is 1. The third-order valence-corrected chi connectivity index (χ3v) is 4.82. The van der Waals surface area contributed by atoms with E-state index in [1.54, 1.807) is 6.07 Å². The van der Waals surface area contributed by atoms with Gasteiger partial charge in [0, 0.05) is 17.5 Å². The molecule has 3 aromatic carbocycles. The van der Waals surface area contributed by atoms with Crippen LogP contribution in [0.4, 0.5) is 22.7 Å². The number of nitro benzene ring substituents is 2. The van der Waals surface area contributed by atoms with E-state index in [1.807, 2.05) is 0 Å². The predicted octanol–water partition coefficient (Wildman–Crippen LogP) is 4.66. The van der Waals surface area contributed by atoms with Crippen molar-refractivity contribution in [3.8, 4) is 5.75 Å². The molecule has 1 unspecified atom stereocenters. The molecule has 3 aromatic rings. The Bertz CT molecular complexity index is 1330. The van der Waals surface area contributed by atoms with E-state index in [1.165, 1.54) is 31.2 Å². The van der Waals surface area contributed by atoms with E-state index in [0.29, 0.717) is 28.5 Å². The molecule has 0 fully saturated rings. The predicted molar refractivity (Wildman–Crippen MR) is 113 cm³/mol. The highest BCUT2D eigenvalue weighted by atomic mass is 16.6. The van der Waals surface area contributed by atoms with Gasteiger partial charge in [0.2, 0.25) is 5.69 Å². The van der Waals surface area contributed by atoms with Crippen LogP contribution in [0.15, 0.2) is 52.7 Å². The fourth-order valence-corrected chi connectivity index (χ4v) is 3.05. The summed E-state index contributed by atoms with van der Waals surface area (Å²) in [6, 6.07) is 8.48. The quantitative estimate of drug-likeness (QED) is 0.257. The van der Waals surface area contributed by atoms with Crippen molar-refractivity contribution in [2.45, 2.75) is 12.8 Å². The van der Waals surface area contributed by atoms with Crippen LogP contribution >= 0.6 is 0 Å². The zero-order chi connectivity index (χ0) is 24.4. The van der Waals surface area contributed by atoms with Crippen LogP contribution in [0.25, 0.3) is 10.8 Å². The SMILES string of the molecule is CC(C(=O)O)c1ccc2c(N=Nc3c([N+](=O)[O-])cc(C(=O)O)cc3[N+](=O)[O-])c(O)ccc2c1. The molecule has 0 amide bonds. The number of carboxylic acids is 2. The maximum atomic E-state index is 11.4. The van der Waals surface area contributed by atoms with Gasteiger partial charge in [-0.3, -0.25) is 25.0 Å². The molecule has 0 aromatic heterocycles. The van der Waals surface area contributed by atoms with Gasteiger partial charge in [-0.2, -0.15) is 0 Å². The summed E-state index contributed by atoms with van der Waals surface area (Å²) in [7, 11) is 0. The van der Waals surface area contributed by atoms with Crippen molar-refractivity contribution < 1.29 is 34.8 Å². The minimum atomic E-state index is -1.61. The van der Waals surface area contributed by atoms with E-state index in [2.05, 4.69) is 10.2 Å². The molecular weight excluding hydrogens is 440 g/mol. The summed E-state index contributed by atoms with van der Waals surface area (Å²) < 4.78 is 0. The maximum Gasteiger partial charge on any atom is 0.336 e. The van der Waals surface area contributed by atoms with E-state index >= 15 is 0 Å². The first-order chi connectivity index (χ1) is 15.5. The summed E-state index contributed by atoms with van der Waals surface area (Å²) in [5.41, 5.74) is -3.10. The zero-order valence-corrected chi connectivity index (χ0v) is 16.7. The molecule has 33 heavy (non-hydrogen) atoms. The minimum Gasteiger partial charge on any atom is -0.506 e. The van der Waals surface area contributed by atoms with E-state index in [-0.39, 0.29) is 5.69 Å². The normalized spacial score (nSPS) is 12.0. The molecule has 0 saturated carbocycles. The average Bonchev–Trinajstić information content (AvgIpc) is 2.76. The van der Waals surface area contributed by atoms with E-state index in [4.69, 9.17) is 5.11 Å². The van der Waals surface area contributed by atoms with Gasteiger partial charge in [-0.15, -0.1) is 10.2 Å². The van der Waals surface area contributed by atoms with Crippen molar-refractivity contribution in [3.63, 3.8) is 0 Å². The summed E-state index contributed by atoms with van der Waals surface area (Å²) in [5.74, 6) is -3.86. The topological polar surface area (TPSA) is 206 Å². The van der Waals surface area contributed by atoms with Gasteiger partial charge in [-0.1, -0.05) is 24.3 Å². The van der Waals surface area contributed by atoms with Crippen LogP contribution in [0.3, 0.4) is 0 Å². The molecule has 0 spiro atoms. The standard InChI is InChI=1S/C20H14N4O9/c1-9(19(26)27)10-2-4-13-11(6-10)3-5-16(25)17(13)21-22-18-14(23(30)31)7-12(20(28)29)8-15(18)24(32)33/h2-9,25H,1H3,(H,26,27)(H,28,29). The van der Waals surface area contributed by atoms with Gasteiger partial charge in [0.25, 0.3) is 0 Å². The van der Waals surface area contributed by atoms with Gasteiger partial charge in [-0.25, -0.2) is 4.79 Å². The molecule has 13 nitrogen and oxygen atoms in total. The molecule has 1 atom stereocenters. The lowest BCUT2D eigenvalue weighted by Gasteiger charge is -2.10. The van der Waals surface area contributed by atoms with E-state index in [9.17, 15) is 40.0 Å². The van der Waals surface area contributed by atoms with Gasteiger partial charge in [-0.05, 0) is 23.9 Å². The van der Waals surface area contributed by atoms with Crippen molar-refractivity contribution in [2.75, 3.05) is 0 Å². The van der Waals surface area contributed by atoms with Crippen molar-refractivity contribution in [1.29, 1.82) is 0 Å². The third-order valence-electron chi connectivity index (χ3n) is 4.82. The summed E-state index contributed by atoms with van der Waals surface area (Å²) >= 11 is 0. The van der Waals surface area contributed by atoms with E-state index < -0.39 is 56.1 Å². The minimum absolute atomic E-state index is 0.173. The number of carbonyl (C=O) groups is 2. The number of aliphatic carboxylic acids is 1. The number of nitrogens with zero attached hydrogens (tertiary/aromatic N) is 4. The first kappa shape index (κ1) is 22.7. The Balaban J connectivity index is 2.20. The highest BCUT2D eigenvalue weighted by molar-refractivity contribution is 5.96. The molecule has 0 aliphatic rings. The van der Waals surface area contributed by atoms with Gasteiger partial charge in [0.05, 0.1) is 21.3 Å². The molecule has 3 rings (SSSR count). The Kier molecular flexibility index (Phi) is 5.97. The fraction of sp³-hybridized carbons (Fsp3) is 0.100. The lowest BCUT2D eigenvalue weighted by molar-refractivity contribution is -0.392. The van der Waals surface area contributed by atoms with Crippen molar-refractivity contribution in [1.82, 2.24) is 0 Å². The number of aromatic hydroxyl groups is 1. The number of aromatic carboxylic acids is 1. The first-order valence-electron chi connectivity index (χ1n) is 9.11. The van der Waals surface area contributed by atoms with Gasteiger partial charge in [0.1, 0.15) is 11.4 Å². The Labute approximate surface area is 183 Å². The number of fused-ring (bicyclic) bond motifs is 1. The van der Waals surface area contributed by atoms with Crippen LogP contribution < -0.4 is 0 Å². The maximum absolute atomic E-state index is 11.4. The van der Waals surface area contributed by atoms with Crippen LogP contribution in [0.1, 0.15) is 28.8 Å². The van der Waals surface area contributed by atoms with Crippen molar-refractivity contribution in [3.05, 3.63) is 73.8 Å². The molecule has 0 radical (unpaired) electrons. The average molecular weight is 454 g/mol. The molecular formula is C20H14N4O9. The summed E-state index contributed by atoms with van der Waals surface area (Å²) in [5, 5.41) is 59.5. The van der Waals surface area contributed by atoms with Crippen molar-refractivity contribution >= 4 is 45.5 Å². The number of phenolic OH excluding ortho intramolecular Hbond substituents is 1. The van der Waals surface area contributed by atoms with Crippen LogP contribution in [-0.2, 0) is 4.79 Å². The smallest absolute Gasteiger partial charge is 0.336 e. The van der Waals surface area contributed by atoms with Gasteiger partial charge >= 0.3 is 23.3 Å². The Morgan fingerprint density at radius 2 is 1.48 bits per heavy atom. The Morgan fingerprint density at radius 3 is 2.00 bits per heavy atom. The highest BCUT2D eigenvalue weighted by Gasteiger charge is 2.29. The number of hydrogen-bond acceptors (Lipinski definition) is 9. The largest absolute Gasteiger partial charge is 0.506 e. The molecule has 0 bridgehead atoms. The summed E-state index contributed by atoms with van der Waals surface area (Å²) in [6.45, 7) is 1.49. The molecule has 0 aliphatic heterocycles. The van der Waals surface area contributed by atoms with Gasteiger partial charge in [0.15, 0.2) is 0 Å². The lowest BCUT2D eigenvalue weighted by atomic mass is 9.97. The molecule has 3 N–H and O–H groups in total. The van der Waals surface area contributed by atoms with Crippen LogP contribution in [-0.4, -0.2) is 37.1 Å². The molecule has 0 aliphatic carbocycles. The van der Waals surface area contributed by atoms with E-state index in [0.717, 1.165) is 0 Å². The second kappa shape index (κ2) is 8.66. The number of carboxylic acid groups (broad SMARTS) is 2. The second-order valence-electron chi connectivity index (χ2n) is 6.86. The number of rotatable bonds is 7. The van der Waals surface area contributed by atoms with Crippen LogP contribution in [0.2, 0.25) is 0 Å². The van der Waals surface area contributed by atoms with Crippen molar-refractivity contribution in [2.24, 2.45) is 10.2 Å². The second-order valence-corrected chi connectivity index (χ2v) is 6.86. The number of benzene rings is 3. The number of hydrogen-bond donors (Lipinski definition) is 3. The van der Waals surface area contributed by atoms with Crippen LogP contribution in [0.5, 0.6) is 5.75 Å². The lowest BCUT2D eigenvalue weighted by Crippen LogP contribution is -2.06. The summed E-state index contributed by atoms with van der Waals surface area (Å²) in [6.07, 6.45) is 0. The Hall–Kier alpha value is -4.94. The third kappa shape index (κ3) is 4.41. The Morgan fingerprint density at radius 1 is 0.909 bits per heavy atom. The van der Waals surface area contributed by atoms with Crippen LogP contribution in [0, 0.1) is 20.2 Å². The molecule has 0 heterocycles. The monoisotopic (exact) mass is 454 g/mol. The fourth-order valence-electron chi connectivity index (χ4n) is 3.05. The highest BCUT2D eigenvalue weighted by Crippen LogP contribution is 2.42. The molecule has 0 saturated heterocycles. The van der Waals surface area contributed by atoms with Gasteiger partial charge < -0.3 is 15.3 Å². The number of nitro groups is 2. The zero-order valence-electron chi connectivity index (χ0n) is 16.7. The molecule has 13 heteroatoms. The molecule has 168 valence electrons. The number of azo groups is 1.